The second-order valence-electron chi connectivity index (χ2n) is 17.5. The van der Waals surface area contributed by atoms with E-state index in [-0.39, 0.29) is 25.9 Å². The van der Waals surface area contributed by atoms with E-state index in [0.29, 0.717) is 19.3 Å². The van der Waals surface area contributed by atoms with Crippen LogP contribution in [0.4, 0.5) is 0 Å². The number of unbranched alkanes of at least 4 members (excludes halogenated alkanes) is 24. The van der Waals surface area contributed by atoms with E-state index in [4.69, 9.17) is 23.7 Å². The number of aliphatic hydroxyl groups is 2. The number of aliphatic hydroxyl groups excluding tert-OH is 2. The lowest BCUT2D eigenvalue weighted by Gasteiger charge is -2.40. The Morgan fingerprint density at radius 2 is 0.952 bits per heavy atom. The maximum atomic E-state index is 13.0. The van der Waals surface area contributed by atoms with Gasteiger partial charge in [0.05, 0.1) is 6.61 Å². The van der Waals surface area contributed by atoms with Gasteiger partial charge in [-0.2, -0.15) is 0 Å². The van der Waals surface area contributed by atoms with Gasteiger partial charge in [-0.3, -0.25) is 14.4 Å². The van der Waals surface area contributed by atoms with Crippen LogP contribution in [-0.4, -0.2) is 89.2 Å². The molecule has 0 spiro atoms. The normalized spacial score (nSPS) is 19.4. The number of carbonyl (C=O) groups is 4. The Morgan fingerprint density at radius 3 is 1.46 bits per heavy atom. The molecule has 366 valence electrons. The summed E-state index contributed by atoms with van der Waals surface area (Å²) in [7, 11) is 0. The fourth-order valence-electron chi connectivity index (χ4n) is 7.57. The number of aliphatic carboxylic acids is 1. The molecule has 6 atom stereocenters. The highest BCUT2D eigenvalue weighted by Gasteiger charge is 2.50. The minimum atomic E-state index is -1.90. The van der Waals surface area contributed by atoms with Crippen LogP contribution >= 0.6 is 0 Å². The number of carbonyl (C=O) groups excluding carboxylic acids is 3. The van der Waals surface area contributed by atoms with Gasteiger partial charge in [-0.1, -0.05) is 180 Å². The summed E-state index contributed by atoms with van der Waals surface area (Å²) in [5.74, 6) is -3.13. The van der Waals surface area contributed by atoms with Gasteiger partial charge in [0.1, 0.15) is 18.8 Å². The quantitative estimate of drug-likeness (QED) is 0.0229. The van der Waals surface area contributed by atoms with E-state index in [0.717, 1.165) is 83.5 Å². The van der Waals surface area contributed by atoms with Gasteiger partial charge in [-0.15, -0.1) is 0 Å². The molecule has 1 aliphatic rings. The van der Waals surface area contributed by atoms with Crippen molar-refractivity contribution in [1.29, 1.82) is 0 Å². The van der Waals surface area contributed by atoms with Crippen LogP contribution in [0, 0.1) is 0 Å². The molecule has 1 fully saturated rings. The van der Waals surface area contributed by atoms with Gasteiger partial charge in [-0.05, 0) is 51.4 Å². The molecule has 1 rings (SSSR count). The van der Waals surface area contributed by atoms with Crippen molar-refractivity contribution in [2.45, 2.75) is 263 Å². The molecular formula is C51H90O12. The second kappa shape index (κ2) is 40.7. The van der Waals surface area contributed by atoms with Crippen LogP contribution in [-0.2, 0) is 42.9 Å². The number of esters is 3. The first-order valence-corrected chi connectivity index (χ1v) is 25.3. The number of ether oxygens (including phenoxy) is 5. The third-order valence-electron chi connectivity index (χ3n) is 11.5. The Balaban J connectivity index is 2.72. The Labute approximate surface area is 381 Å². The molecule has 0 amide bonds. The zero-order valence-corrected chi connectivity index (χ0v) is 39.8. The predicted molar refractivity (Wildman–Crippen MR) is 248 cm³/mol. The van der Waals surface area contributed by atoms with Crippen LogP contribution < -0.4 is 0 Å². The van der Waals surface area contributed by atoms with Gasteiger partial charge in [-0.25, -0.2) is 4.79 Å². The SMILES string of the molecule is CCCCC/C=C\C/C=C\CCCCCCCC(=O)OC1C(OCC(COC(=O)CCCCCCCCCCC)OC(=O)CCCCCCCCCCC)OC(C(=O)O)C(O)C1O. The molecule has 0 radical (unpaired) electrons. The van der Waals surface area contributed by atoms with E-state index in [1.54, 1.807) is 0 Å². The first-order chi connectivity index (χ1) is 30.6. The highest BCUT2D eigenvalue weighted by molar-refractivity contribution is 5.74. The highest BCUT2D eigenvalue weighted by Crippen LogP contribution is 2.26. The number of hydrogen-bond donors (Lipinski definition) is 3. The minimum absolute atomic E-state index is 0.0485. The summed E-state index contributed by atoms with van der Waals surface area (Å²) in [4.78, 5) is 50.6. The third kappa shape index (κ3) is 31.7. The van der Waals surface area contributed by atoms with Gasteiger partial charge in [0.2, 0.25) is 0 Å². The van der Waals surface area contributed by atoms with Crippen LogP contribution in [0.25, 0.3) is 0 Å². The largest absolute Gasteiger partial charge is 0.479 e. The van der Waals surface area contributed by atoms with E-state index in [2.05, 4.69) is 45.1 Å². The van der Waals surface area contributed by atoms with E-state index in [1.165, 1.54) is 83.5 Å². The molecule has 0 bridgehead atoms. The van der Waals surface area contributed by atoms with Crippen molar-refractivity contribution < 1.29 is 58.2 Å². The van der Waals surface area contributed by atoms with Crippen molar-refractivity contribution in [3.63, 3.8) is 0 Å². The number of hydrogen-bond acceptors (Lipinski definition) is 11. The number of allylic oxidation sites excluding steroid dienone is 4. The first-order valence-electron chi connectivity index (χ1n) is 25.3. The summed E-state index contributed by atoms with van der Waals surface area (Å²) in [6.45, 7) is 5.89. The summed E-state index contributed by atoms with van der Waals surface area (Å²) in [5, 5.41) is 31.2. The van der Waals surface area contributed by atoms with Crippen molar-refractivity contribution >= 4 is 23.9 Å². The van der Waals surface area contributed by atoms with E-state index < -0.39 is 67.3 Å². The Kier molecular flexibility index (Phi) is 37.6. The van der Waals surface area contributed by atoms with Crippen molar-refractivity contribution in [2.75, 3.05) is 13.2 Å². The van der Waals surface area contributed by atoms with E-state index >= 15 is 0 Å². The van der Waals surface area contributed by atoms with Crippen LogP contribution in [0.5, 0.6) is 0 Å². The van der Waals surface area contributed by atoms with Crippen LogP contribution in [0.1, 0.15) is 226 Å². The van der Waals surface area contributed by atoms with Gasteiger partial charge < -0.3 is 39.0 Å². The predicted octanol–water partition coefficient (Wildman–Crippen LogP) is 11.6. The molecular weight excluding hydrogens is 805 g/mol. The summed E-state index contributed by atoms with van der Waals surface area (Å²) in [5.41, 5.74) is 0. The molecule has 12 heteroatoms. The monoisotopic (exact) mass is 895 g/mol. The lowest BCUT2D eigenvalue weighted by atomic mass is 9.98. The van der Waals surface area contributed by atoms with Crippen molar-refractivity contribution in [2.24, 2.45) is 0 Å². The summed E-state index contributed by atoms with van der Waals surface area (Å²) in [6.07, 6.45) is 30.4. The summed E-state index contributed by atoms with van der Waals surface area (Å²) >= 11 is 0. The van der Waals surface area contributed by atoms with Crippen molar-refractivity contribution in [3.05, 3.63) is 24.3 Å². The summed E-state index contributed by atoms with van der Waals surface area (Å²) < 4.78 is 28.2. The molecule has 0 aromatic rings. The number of carboxylic acid groups (broad SMARTS) is 1. The standard InChI is InChI=1S/C51H90O12/c1-4-7-10-13-16-19-20-21-22-23-24-27-30-33-36-39-45(54)62-49-47(56)46(55)48(50(57)58)63-51(49)60-41-42(61-44(53)38-35-32-29-26-18-15-12-9-6-3)40-59-43(52)37-34-31-28-25-17-14-11-8-5-2/h16,19,21-22,42,46-49,51,55-56H,4-15,17-18,20,23-41H2,1-3H3,(H,57,58)/b19-16-,22-21-. The zero-order valence-electron chi connectivity index (χ0n) is 39.8. The molecule has 0 saturated carbocycles. The molecule has 1 heterocycles. The molecule has 0 aliphatic carbocycles. The highest BCUT2D eigenvalue weighted by atomic mass is 16.7. The average molecular weight is 895 g/mol. The fourth-order valence-corrected chi connectivity index (χ4v) is 7.57. The van der Waals surface area contributed by atoms with Gasteiger partial charge in [0.15, 0.2) is 24.6 Å². The lowest BCUT2D eigenvalue weighted by molar-refractivity contribution is -0.301. The Hall–Kier alpha value is -2.80. The van der Waals surface area contributed by atoms with Gasteiger partial charge >= 0.3 is 23.9 Å². The van der Waals surface area contributed by atoms with Crippen molar-refractivity contribution in [1.82, 2.24) is 0 Å². The van der Waals surface area contributed by atoms with Gasteiger partial charge in [0, 0.05) is 19.3 Å². The third-order valence-corrected chi connectivity index (χ3v) is 11.5. The van der Waals surface area contributed by atoms with Crippen LogP contribution in [0.15, 0.2) is 24.3 Å². The van der Waals surface area contributed by atoms with Crippen LogP contribution in [0.2, 0.25) is 0 Å². The maximum absolute atomic E-state index is 13.0. The average Bonchev–Trinajstić information content (AvgIpc) is 3.26. The molecule has 63 heavy (non-hydrogen) atoms. The number of carboxylic acids is 1. The van der Waals surface area contributed by atoms with Crippen molar-refractivity contribution in [3.8, 4) is 0 Å². The smallest absolute Gasteiger partial charge is 0.335 e. The van der Waals surface area contributed by atoms with Gasteiger partial charge in [0.25, 0.3) is 0 Å². The first kappa shape index (κ1) is 58.2. The lowest BCUT2D eigenvalue weighted by Crippen LogP contribution is -2.61. The molecule has 1 saturated heterocycles. The van der Waals surface area contributed by atoms with E-state index in [9.17, 15) is 34.5 Å². The summed E-state index contributed by atoms with van der Waals surface area (Å²) in [6, 6.07) is 0. The molecule has 1 aliphatic heterocycles. The van der Waals surface area contributed by atoms with Crippen LogP contribution in [0.3, 0.4) is 0 Å². The Bertz CT molecular complexity index is 1200. The molecule has 3 N–H and O–H groups in total. The Morgan fingerprint density at radius 1 is 0.524 bits per heavy atom. The molecule has 12 nitrogen and oxygen atoms in total. The van der Waals surface area contributed by atoms with E-state index in [1.807, 2.05) is 0 Å². The molecule has 0 aromatic carbocycles. The topological polar surface area (TPSA) is 175 Å². The maximum Gasteiger partial charge on any atom is 0.335 e. The second-order valence-corrected chi connectivity index (χ2v) is 17.5. The fraction of sp³-hybridized carbons (Fsp3) is 0.843. The zero-order chi connectivity index (χ0) is 46.2. The molecule has 6 unspecified atom stereocenters. The minimum Gasteiger partial charge on any atom is -0.479 e. The molecule has 0 aromatic heterocycles. The number of rotatable bonds is 42.